The molecule has 1 N–H and O–H groups in total. The maximum absolute atomic E-state index is 12.4. The minimum Gasteiger partial charge on any atom is -0.449 e. The van der Waals surface area contributed by atoms with Crippen LogP contribution in [0, 0.1) is 20.8 Å². The van der Waals surface area contributed by atoms with Crippen molar-refractivity contribution in [2.75, 3.05) is 11.6 Å². The van der Waals surface area contributed by atoms with Gasteiger partial charge in [0.2, 0.25) is 0 Å². The zero-order chi connectivity index (χ0) is 18.6. The molecule has 132 valence electrons. The fraction of sp³-hybridized carbons (Fsp3) is 0.316. The van der Waals surface area contributed by atoms with E-state index in [2.05, 4.69) is 10.3 Å². The van der Waals surface area contributed by atoms with Gasteiger partial charge in [-0.05, 0) is 57.2 Å². The fourth-order valence-corrected chi connectivity index (χ4v) is 3.13. The van der Waals surface area contributed by atoms with Crippen LogP contribution in [0.15, 0.2) is 35.5 Å². The topological polar surface area (TPSA) is 68.3 Å². The first-order valence-corrected chi connectivity index (χ1v) is 9.14. The normalized spacial score (nSPS) is 11.7. The van der Waals surface area contributed by atoms with Gasteiger partial charge in [-0.3, -0.25) is 4.79 Å². The standard InChI is InChI=1S/C19H22N2O3S/c1-11-9-12(2)16(13(3)10-11)21-17(22)14(4)24-19(23)15-7-6-8-20-18(15)25-5/h6-10,14H,1-5H3,(H,21,22). The zero-order valence-electron chi connectivity index (χ0n) is 15.0. The molecule has 0 radical (unpaired) electrons. The van der Waals surface area contributed by atoms with E-state index in [1.165, 1.54) is 11.8 Å². The van der Waals surface area contributed by atoms with E-state index in [4.69, 9.17) is 4.74 Å². The number of benzene rings is 1. The lowest BCUT2D eigenvalue weighted by Gasteiger charge is -2.17. The molecule has 1 amide bonds. The van der Waals surface area contributed by atoms with Crippen LogP contribution in [0.3, 0.4) is 0 Å². The molecular formula is C19H22N2O3S. The molecule has 1 atom stereocenters. The largest absolute Gasteiger partial charge is 0.449 e. The van der Waals surface area contributed by atoms with Gasteiger partial charge in [0, 0.05) is 11.9 Å². The molecule has 0 aliphatic carbocycles. The number of hydrogen-bond donors (Lipinski definition) is 1. The molecule has 0 saturated heterocycles. The lowest BCUT2D eigenvalue weighted by atomic mass is 10.0. The van der Waals surface area contributed by atoms with Crippen molar-refractivity contribution in [1.82, 2.24) is 4.98 Å². The number of thioether (sulfide) groups is 1. The fourth-order valence-electron chi connectivity index (χ4n) is 2.59. The number of esters is 1. The average Bonchev–Trinajstić information content (AvgIpc) is 2.57. The third-order valence-corrected chi connectivity index (χ3v) is 4.47. The summed E-state index contributed by atoms with van der Waals surface area (Å²) in [6.45, 7) is 7.44. The van der Waals surface area contributed by atoms with Gasteiger partial charge < -0.3 is 10.1 Å². The van der Waals surface area contributed by atoms with Crippen molar-refractivity contribution in [3.63, 3.8) is 0 Å². The quantitative estimate of drug-likeness (QED) is 0.648. The molecule has 2 rings (SSSR count). The van der Waals surface area contributed by atoms with Crippen molar-refractivity contribution < 1.29 is 14.3 Å². The van der Waals surface area contributed by atoms with Crippen molar-refractivity contribution in [3.05, 3.63) is 52.7 Å². The summed E-state index contributed by atoms with van der Waals surface area (Å²) < 4.78 is 5.31. The zero-order valence-corrected chi connectivity index (χ0v) is 15.9. The number of aromatic nitrogens is 1. The number of rotatable bonds is 5. The molecule has 0 saturated carbocycles. The van der Waals surface area contributed by atoms with Crippen molar-refractivity contribution in [1.29, 1.82) is 0 Å². The first kappa shape index (κ1) is 19.0. The molecule has 1 aromatic carbocycles. The minimum atomic E-state index is -0.914. The molecule has 0 spiro atoms. The van der Waals surface area contributed by atoms with E-state index in [1.54, 1.807) is 25.3 Å². The van der Waals surface area contributed by atoms with Crippen molar-refractivity contribution in [3.8, 4) is 0 Å². The number of pyridine rings is 1. The molecule has 6 heteroatoms. The maximum Gasteiger partial charge on any atom is 0.341 e. The number of amides is 1. The summed E-state index contributed by atoms with van der Waals surface area (Å²) >= 11 is 1.35. The summed E-state index contributed by atoms with van der Waals surface area (Å²) in [6, 6.07) is 7.31. The van der Waals surface area contributed by atoms with Crippen molar-refractivity contribution in [2.24, 2.45) is 0 Å². The van der Waals surface area contributed by atoms with Crippen LogP contribution in [-0.4, -0.2) is 29.2 Å². The number of ether oxygens (including phenoxy) is 1. The summed E-state index contributed by atoms with van der Waals surface area (Å²) in [5.74, 6) is -0.921. The Morgan fingerprint density at radius 3 is 2.44 bits per heavy atom. The van der Waals surface area contributed by atoms with Crippen LogP contribution in [0.2, 0.25) is 0 Å². The van der Waals surface area contributed by atoms with Crippen LogP contribution < -0.4 is 5.32 Å². The van der Waals surface area contributed by atoms with Gasteiger partial charge in [0.15, 0.2) is 6.10 Å². The highest BCUT2D eigenvalue weighted by Crippen LogP contribution is 2.23. The first-order valence-electron chi connectivity index (χ1n) is 7.92. The molecule has 1 aromatic heterocycles. The number of aryl methyl sites for hydroxylation is 3. The van der Waals surface area contributed by atoms with Crippen LogP contribution in [0.25, 0.3) is 0 Å². The first-order chi connectivity index (χ1) is 11.8. The summed E-state index contributed by atoms with van der Waals surface area (Å²) in [4.78, 5) is 28.9. The second-order valence-corrected chi connectivity index (χ2v) is 6.67. The Kier molecular flexibility index (Phi) is 6.20. The van der Waals surface area contributed by atoms with E-state index in [0.29, 0.717) is 10.6 Å². The number of nitrogens with zero attached hydrogens (tertiary/aromatic N) is 1. The smallest absolute Gasteiger partial charge is 0.341 e. The van der Waals surface area contributed by atoms with Gasteiger partial charge in [0.25, 0.3) is 5.91 Å². The third-order valence-electron chi connectivity index (χ3n) is 3.76. The Morgan fingerprint density at radius 2 is 1.84 bits per heavy atom. The second-order valence-electron chi connectivity index (χ2n) is 5.87. The number of carbonyl (C=O) groups excluding carboxylic acids is 2. The highest BCUT2D eigenvalue weighted by molar-refractivity contribution is 7.98. The van der Waals surface area contributed by atoms with E-state index < -0.39 is 12.1 Å². The van der Waals surface area contributed by atoms with Crippen molar-refractivity contribution >= 4 is 29.3 Å². The van der Waals surface area contributed by atoms with Gasteiger partial charge in [0.1, 0.15) is 5.03 Å². The lowest BCUT2D eigenvalue weighted by Crippen LogP contribution is -2.30. The summed E-state index contributed by atoms with van der Waals surface area (Å²) in [6.07, 6.45) is 2.53. The molecule has 0 fully saturated rings. The summed E-state index contributed by atoms with van der Waals surface area (Å²) in [7, 11) is 0. The molecule has 1 unspecified atom stereocenters. The van der Waals surface area contributed by atoms with E-state index >= 15 is 0 Å². The van der Waals surface area contributed by atoms with Crippen LogP contribution >= 0.6 is 11.8 Å². The van der Waals surface area contributed by atoms with E-state index in [1.807, 2.05) is 39.2 Å². The second kappa shape index (κ2) is 8.16. The van der Waals surface area contributed by atoms with E-state index in [0.717, 1.165) is 22.4 Å². The van der Waals surface area contributed by atoms with E-state index in [-0.39, 0.29) is 5.91 Å². The number of hydrogen-bond acceptors (Lipinski definition) is 5. The number of carbonyl (C=O) groups is 2. The van der Waals surface area contributed by atoms with Gasteiger partial charge in [-0.2, -0.15) is 0 Å². The van der Waals surface area contributed by atoms with Gasteiger partial charge in [0.05, 0.1) is 5.56 Å². The monoisotopic (exact) mass is 358 g/mol. The number of nitrogens with one attached hydrogen (secondary N) is 1. The Bertz CT molecular complexity index is 782. The van der Waals surface area contributed by atoms with Crippen LogP contribution in [0.4, 0.5) is 5.69 Å². The molecule has 1 heterocycles. The molecule has 25 heavy (non-hydrogen) atoms. The highest BCUT2D eigenvalue weighted by Gasteiger charge is 2.22. The van der Waals surface area contributed by atoms with Gasteiger partial charge in [-0.15, -0.1) is 11.8 Å². The lowest BCUT2D eigenvalue weighted by molar-refractivity contribution is -0.123. The molecule has 0 bridgehead atoms. The Hall–Kier alpha value is -2.34. The highest BCUT2D eigenvalue weighted by atomic mass is 32.2. The average molecular weight is 358 g/mol. The molecule has 0 aliphatic heterocycles. The van der Waals surface area contributed by atoms with Gasteiger partial charge in [-0.1, -0.05) is 17.7 Å². The minimum absolute atomic E-state index is 0.359. The van der Waals surface area contributed by atoms with Crippen LogP contribution in [0.5, 0.6) is 0 Å². The van der Waals surface area contributed by atoms with Gasteiger partial charge in [-0.25, -0.2) is 9.78 Å². The maximum atomic E-state index is 12.4. The molecule has 5 nitrogen and oxygen atoms in total. The number of anilines is 1. The van der Waals surface area contributed by atoms with Crippen LogP contribution in [0.1, 0.15) is 34.0 Å². The third kappa shape index (κ3) is 4.60. The predicted octanol–water partition coefficient (Wildman–Crippen LogP) is 3.91. The Morgan fingerprint density at radius 1 is 1.20 bits per heavy atom. The summed E-state index contributed by atoms with van der Waals surface area (Å²) in [5.41, 5.74) is 4.19. The Balaban J connectivity index is 2.09. The van der Waals surface area contributed by atoms with Crippen LogP contribution in [-0.2, 0) is 9.53 Å². The van der Waals surface area contributed by atoms with Gasteiger partial charge >= 0.3 is 5.97 Å². The SMILES string of the molecule is CSc1ncccc1C(=O)OC(C)C(=O)Nc1c(C)cc(C)cc1C. The Labute approximate surface area is 152 Å². The molecule has 2 aromatic rings. The predicted molar refractivity (Wildman–Crippen MR) is 100 cm³/mol. The summed E-state index contributed by atoms with van der Waals surface area (Å²) in [5, 5.41) is 3.43. The molecule has 0 aliphatic rings. The van der Waals surface area contributed by atoms with Crippen molar-refractivity contribution in [2.45, 2.75) is 38.8 Å². The van der Waals surface area contributed by atoms with E-state index in [9.17, 15) is 9.59 Å². The molecular weight excluding hydrogens is 336 g/mol.